The van der Waals surface area contributed by atoms with E-state index in [1.807, 2.05) is 60.4 Å². The molecule has 0 aliphatic rings. The van der Waals surface area contributed by atoms with E-state index in [1.54, 1.807) is 6.33 Å². The van der Waals surface area contributed by atoms with Gasteiger partial charge in [0.15, 0.2) is 0 Å². The molecular formula is C18H16N6. The molecule has 0 saturated heterocycles. The Morgan fingerprint density at radius 3 is 2.83 bits per heavy atom. The molecule has 0 atom stereocenters. The zero-order chi connectivity index (χ0) is 16.5. The first kappa shape index (κ1) is 14.2. The van der Waals surface area contributed by atoms with Gasteiger partial charge in [0.25, 0.3) is 0 Å². The second-order valence-corrected chi connectivity index (χ2v) is 5.58. The zero-order valence-electron chi connectivity index (χ0n) is 13.1. The Hall–Kier alpha value is -3.41. The number of hydrogen-bond acceptors (Lipinski definition) is 5. The Kier molecular flexibility index (Phi) is 3.35. The molecule has 0 saturated carbocycles. The third kappa shape index (κ3) is 2.65. The van der Waals surface area contributed by atoms with Gasteiger partial charge in [-0.1, -0.05) is 18.2 Å². The molecule has 0 bridgehead atoms. The Morgan fingerprint density at radius 1 is 1.04 bits per heavy atom. The predicted molar refractivity (Wildman–Crippen MR) is 95.9 cm³/mol. The minimum atomic E-state index is 0.705. The summed E-state index contributed by atoms with van der Waals surface area (Å²) in [5.74, 6) is 0.718. The van der Waals surface area contributed by atoms with Crippen LogP contribution in [0.4, 0.5) is 17.2 Å². The van der Waals surface area contributed by atoms with E-state index in [0.717, 1.165) is 33.7 Å². The summed E-state index contributed by atoms with van der Waals surface area (Å²) < 4.78 is 1.85. The number of rotatable bonds is 3. The van der Waals surface area contributed by atoms with Crippen molar-refractivity contribution in [2.75, 3.05) is 11.1 Å². The van der Waals surface area contributed by atoms with Gasteiger partial charge in [0.05, 0.1) is 17.4 Å². The molecule has 6 nitrogen and oxygen atoms in total. The number of nitrogens with zero attached hydrogens (tertiary/aromatic N) is 4. The monoisotopic (exact) mass is 316 g/mol. The molecule has 4 aromatic rings. The Balaban J connectivity index is 1.69. The fraction of sp³-hybridized carbons (Fsp3) is 0.0556. The Morgan fingerprint density at radius 2 is 1.96 bits per heavy atom. The van der Waals surface area contributed by atoms with Gasteiger partial charge in [-0.2, -0.15) is 5.10 Å². The van der Waals surface area contributed by atoms with Gasteiger partial charge < -0.3 is 11.1 Å². The van der Waals surface area contributed by atoms with Crippen molar-refractivity contribution in [3.63, 3.8) is 0 Å². The van der Waals surface area contributed by atoms with Gasteiger partial charge in [-0.05, 0) is 24.3 Å². The summed E-state index contributed by atoms with van der Waals surface area (Å²) in [5.41, 5.74) is 10.3. The zero-order valence-corrected chi connectivity index (χ0v) is 13.1. The van der Waals surface area contributed by atoms with Crippen molar-refractivity contribution in [2.45, 2.75) is 0 Å². The summed E-state index contributed by atoms with van der Waals surface area (Å²) in [6, 6.07) is 15.6. The normalized spacial score (nSPS) is 10.9. The molecule has 0 radical (unpaired) electrons. The average Bonchev–Trinajstić information content (AvgIpc) is 2.96. The van der Waals surface area contributed by atoms with Gasteiger partial charge in [0.2, 0.25) is 0 Å². The van der Waals surface area contributed by atoms with Crippen LogP contribution in [0.3, 0.4) is 0 Å². The van der Waals surface area contributed by atoms with Crippen LogP contribution in [-0.2, 0) is 7.05 Å². The van der Waals surface area contributed by atoms with E-state index < -0.39 is 0 Å². The first-order chi connectivity index (χ1) is 11.7. The van der Waals surface area contributed by atoms with Crippen LogP contribution in [-0.4, -0.2) is 19.7 Å². The first-order valence-electron chi connectivity index (χ1n) is 7.56. The maximum absolute atomic E-state index is 5.81. The number of hydrogen-bond donors (Lipinski definition) is 2. The maximum Gasteiger partial charge on any atom is 0.134 e. The number of fused-ring (bicyclic) bond motifs is 1. The maximum atomic E-state index is 5.81. The van der Waals surface area contributed by atoms with Crippen LogP contribution in [0, 0.1) is 0 Å². The lowest BCUT2D eigenvalue weighted by Gasteiger charge is -2.08. The van der Waals surface area contributed by atoms with Crippen molar-refractivity contribution in [2.24, 2.45) is 7.05 Å². The van der Waals surface area contributed by atoms with Crippen molar-refractivity contribution in [1.82, 2.24) is 19.7 Å². The highest BCUT2D eigenvalue weighted by atomic mass is 15.2. The topological polar surface area (TPSA) is 81.7 Å². The van der Waals surface area contributed by atoms with Crippen molar-refractivity contribution in [3.8, 4) is 11.3 Å². The lowest BCUT2D eigenvalue weighted by Crippen LogP contribution is -1.96. The van der Waals surface area contributed by atoms with Crippen molar-refractivity contribution < 1.29 is 0 Å². The van der Waals surface area contributed by atoms with Crippen molar-refractivity contribution in [1.29, 1.82) is 0 Å². The highest BCUT2D eigenvalue weighted by molar-refractivity contribution is 5.84. The summed E-state index contributed by atoms with van der Waals surface area (Å²) in [4.78, 5) is 8.66. The third-order valence-electron chi connectivity index (χ3n) is 3.87. The van der Waals surface area contributed by atoms with Crippen LogP contribution in [0.2, 0.25) is 0 Å². The smallest absolute Gasteiger partial charge is 0.134 e. The van der Waals surface area contributed by atoms with Crippen LogP contribution in [0.5, 0.6) is 0 Å². The van der Waals surface area contributed by atoms with Crippen LogP contribution in [0.15, 0.2) is 61.1 Å². The largest absolute Gasteiger partial charge is 0.399 e. The van der Waals surface area contributed by atoms with E-state index in [1.165, 1.54) is 0 Å². The van der Waals surface area contributed by atoms with Gasteiger partial charge in [0.1, 0.15) is 12.1 Å². The summed E-state index contributed by atoms with van der Waals surface area (Å²) in [7, 11) is 1.93. The van der Waals surface area contributed by atoms with E-state index in [2.05, 4.69) is 26.4 Å². The summed E-state index contributed by atoms with van der Waals surface area (Å²) in [6.07, 6.45) is 3.41. The number of anilines is 3. The molecule has 0 unspecified atom stereocenters. The number of benzene rings is 2. The molecule has 0 aliphatic heterocycles. The second kappa shape index (κ2) is 5.66. The van der Waals surface area contributed by atoms with Crippen LogP contribution in [0.1, 0.15) is 0 Å². The quantitative estimate of drug-likeness (QED) is 0.566. The Bertz CT molecular complexity index is 1020. The molecule has 24 heavy (non-hydrogen) atoms. The fourth-order valence-electron chi connectivity index (χ4n) is 2.65. The minimum Gasteiger partial charge on any atom is -0.399 e. The molecule has 0 spiro atoms. The standard InChI is InChI=1S/C18H16N6/c1-24-17-7-12(5-6-13(17)10-22-24)16-9-18(21-11-20-16)23-15-4-2-3-14(19)8-15/h2-11H,19H2,1H3,(H,20,21,23). The third-order valence-corrected chi connectivity index (χ3v) is 3.87. The average molecular weight is 316 g/mol. The summed E-state index contributed by atoms with van der Waals surface area (Å²) in [5, 5.41) is 8.63. The van der Waals surface area contributed by atoms with E-state index >= 15 is 0 Å². The minimum absolute atomic E-state index is 0.705. The molecule has 0 fully saturated rings. The van der Waals surface area contributed by atoms with Crippen molar-refractivity contribution in [3.05, 3.63) is 61.1 Å². The van der Waals surface area contributed by atoms with Crippen LogP contribution in [0.25, 0.3) is 22.2 Å². The van der Waals surface area contributed by atoms with Gasteiger partial charge in [-0.25, -0.2) is 9.97 Å². The van der Waals surface area contributed by atoms with Gasteiger partial charge >= 0.3 is 0 Å². The first-order valence-corrected chi connectivity index (χ1v) is 7.56. The highest BCUT2D eigenvalue weighted by Crippen LogP contribution is 2.25. The van der Waals surface area contributed by atoms with Gasteiger partial charge in [-0.3, -0.25) is 4.68 Å². The second-order valence-electron chi connectivity index (χ2n) is 5.58. The molecule has 0 aliphatic carbocycles. The highest BCUT2D eigenvalue weighted by Gasteiger charge is 2.06. The molecule has 2 aromatic carbocycles. The predicted octanol–water partition coefficient (Wildman–Crippen LogP) is 3.36. The fourth-order valence-corrected chi connectivity index (χ4v) is 2.65. The van der Waals surface area contributed by atoms with E-state index in [0.29, 0.717) is 5.69 Å². The lowest BCUT2D eigenvalue weighted by molar-refractivity contribution is 0.797. The SMILES string of the molecule is Cn1ncc2ccc(-c3cc(Nc4cccc(N)c4)ncn3)cc21. The van der Waals surface area contributed by atoms with Gasteiger partial charge in [0, 0.05) is 35.4 Å². The molecule has 2 heterocycles. The van der Waals surface area contributed by atoms with Crippen LogP contribution >= 0.6 is 0 Å². The Labute approximate surface area is 139 Å². The number of aryl methyl sites for hydroxylation is 1. The van der Waals surface area contributed by atoms with Crippen LogP contribution < -0.4 is 11.1 Å². The molecule has 3 N–H and O–H groups in total. The number of nitrogens with one attached hydrogen (secondary N) is 1. The van der Waals surface area contributed by atoms with E-state index in [-0.39, 0.29) is 0 Å². The molecular weight excluding hydrogens is 300 g/mol. The summed E-state index contributed by atoms with van der Waals surface area (Å²) in [6.45, 7) is 0. The number of nitrogens with two attached hydrogens (primary N) is 1. The number of aromatic nitrogens is 4. The summed E-state index contributed by atoms with van der Waals surface area (Å²) >= 11 is 0. The molecule has 0 amide bonds. The molecule has 4 rings (SSSR count). The van der Waals surface area contributed by atoms with E-state index in [9.17, 15) is 0 Å². The lowest BCUT2D eigenvalue weighted by atomic mass is 10.1. The van der Waals surface area contributed by atoms with Crippen molar-refractivity contribution >= 4 is 28.1 Å². The molecule has 118 valence electrons. The van der Waals surface area contributed by atoms with Gasteiger partial charge in [-0.15, -0.1) is 0 Å². The molecule has 6 heteroatoms. The molecule has 2 aromatic heterocycles. The number of nitrogen functional groups attached to an aromatic ring is 1. The van der Waals surface area contributed by atoms with E-state index in [4.69, 9.17) is 5.73 Å².